The zero-order valence-electron chi connectivity index (χ0n) is 27.3. The summed E-state index contributed by atoms with van der Waals surface area (Å²) in [4.78, 5) is 44.7. The molecule has 0 saturated carbocycles. The Balaban J connectivity index is 1.18. The molecule has 252 valence electrons. The van der Waals surface area contributed by atoms with Crippen LogP contribution in [0.4, 0.5) is 10.2 Å². The summed E-state index contributed by atoms with van der Waals surface area (Å²) in [6.45, 7) is 3.31. The molecule has 0 radical (unpaired) electrons. The molecule has 0 unspecified atom stereocenters. The summed E-state index contributed by atoms with van der Waals surface area (Å²) in [6, 6.07) is 12.7. The van der Waals surface area contributed by atoms with Crippen molar-refractivity contribution >= 4 is 34.1 Å². The predicted octanol–water partition coefficient (Wildman–Crippen LogP) is 4.04. The van der Waals surface area contributed by atoms with Crippen LogP contribution in [0.1, 0.15) is 28.9 Å². The van der Waals surface area contributed by atoms with E-state index in [4.69, 9.17) is 9.47 Å². The molecule has 13 nitrogen and oxygen atoms in total. The second kappa shape index (κ2) is 13.7. The number of nitrogens with zero attached hydrogens (tertiary/aromatic N) is 8. The Labute approximate surface area is 281 Å². The highest BCUT2D eigenvalue weighted by atomic mass is 19.1. The van der Waals surface area contributed by atoms with E-state index in [1.54, 1.807) is 64.4 Å². The molecule has 14 heteroatoms. The van der Waals surface area contributed by atoms with Crippen LogP contribution in [0.15, 0.2) is 67.1 Å². The number of hydrogen-bond donors (Lipinski definition) is 1. The first-order valence-corrected chi connectivity index (χ1v) is 16.1. The number of ether oxygens (including phenoxy) is 2. The molecule has 5 aromatic rings. The fourth-order valence-corrected chi connectivity index (χ4v) is 6.47. The Kier molecular flexibility index (Phi) is 8.92. The topological polar surface area (TPSA) is 135 Å². The number of halogens is 1. The number of aromatic amines is 1. The number of H-pyrrole nitrogens is 1. The lowest BCUT2D eigenvalue weighted by molar-refractivity contribution is -0.131. The second-order valence-electron chi connectivity index (χ2n) is 11.9. The predicted molar refractivity (Wildman–Crippen MR) is 181 cm³/mol. The summed E-state index contributed by atoms with van der Waals surface area (Å²) in [7, 11) is 3.11. The fraction of sp³-hybridized carbons (Fsp3) is 0.314. The van der Waals surface area contributed by atoms with E-state index in [9.17, 15) is 9.59 Å². The molecule has 2 amide bonds. The highest BCUT2D eigenvalue weighted by Crippen LogP contribution is 2.39. The van der Waals surface area contributed by atoms with Crippen LogP contribution in [0, 0.1) is 5.82 Å². The molecule has 7 rings (SSSR count). The van der Waals surface area contributed by atoms with Gasteiger partial charge in [-0.3, -0.25) is 14.3 Å². The molecule has 1 aromatic carbocycles. The quantitative estimate of drug-likeness (QED) is 0.248. The van der Waals surface area contributed by atoms with E-state index < -0.39 is 5.82 Å². The van der Waals surface area contributed by atoms with Crippen molar-refractivity contribution in [1.82, 2.24) is 39.7 Å². The van der Waals surface area contributed by atoms with Crippen molar-refractivity contribution in [3.05, 3.63) is 84.2 Å². The van der Waals surface area contributed by atoms with Gasteiger partial charge in [0.25, 0.3) is 5.91 Å². The summed E-state index contributed by atoms with van der Waals surface area (Å²) in [5.41, 5.74) is 2.85. The third kappa shape index (κ3) is 6.41. The Morgan fingerprint density at radius 1 is 0.939 bits per heavy atom. The minimum Gasteiger partial charge on any atom is -0.481 e. The maximum atomic E-state index is 16.6. The minimum atomic E-state index is -0.488. The monoisotopic (exact) mass is 665 g/mol. The average molecular weight is 666 g/mol. The summed E-state index contributed by atoms with van der Waals surface area (Å²) in [6.07, 6.45) is 7.72. The van der Waals surface area contributed by atoms with Gasteiger partial charge in [0.2, 0.25) is 17.7 Å². The molecule has 0 spiro atoms. The van der Waals surface area contributed by atoms with E-state index in [-0.39, 0.29) is 36.0 Å². The zero-order chi connectivity index (χ0) is 33.9. The van der Waals surface area contributed by atoms with Gasteiger partial charge in [-0.1, -0.05) is 17.4 Å². The molecule has 2 aliphatic rings. The zero-order valence-corrected chi connectivity index (χ0v) is 27.3. The molecule has 0 aliphatic carbocycles. The number of anilines is 1. The number of aromatic nitrogens is 6. The van der Waals surface area contributed by atoms with Crippen molar-refractivity contribution in [2.24, 2.45) is 0 Å². The molecule has 0 bridgehead atoms. The van der Waals surface area contributed by atoms with Crippen molar-refractivity contribution in [2.75, 3.05) is 58.4 Å². The van der Waals surface area contributed by atoms with Crippen LogP contribution in [0.2, 0.25) is 0 Å². The van der Waals surface area contributed by atoms with Gasteiger partial charge in [0.1, 0.15) is 11.5 Å². The lowest BCUT2D eigenvalue weighted by Gasteiger charge is -2.35. The SMILES string of the molecule is COc1cccc(N2CCN(C(=O)c3cc4c(-c5cccnc5OC)cc(C5=CCCN(C(=O)CCn6ccnn6)C5)c(F)c4[nH]3)CC2)n1. The number of nitrogens with one attached hydrogen (secondary N) is 1. The molecule has 6 heterocycles. The molecular formula is C35H36FN9O4. The molecule has 1 fully saturated rings. The van der Waals surface area contributed by atoms with Crippen LogP contribution in [0.5, 0.6) is 11.8 Å². The summed E-state index contributed by atoms with van der Waals surface area (Å²) >= 11 is 0. The first-order valence-electron chi connectivity index (χ1n) is 16.1. The lowest BCUT2D eigenvalue weighted by atomic mass is 9.93. The third-order valence-electron chi connectivity index (χ3n) is 9.02. The number of rotatable bonds is 9. The Morgan fingerprint density at radius 3 is 2.57 bits per heavy atom. The van der Waals surface area contributed by atoms with Gasteiger partial charge in [-0.25, -0.2) is 9.37 Å². The van der Waals surface area contributed by atoms with Gasteiger partial charge in [0.05, 0.1) is 32.5 Å². The van der Waals surface area contributed by atoms with Crippen LogP contribution in [0.3, 0.4) is 0 Å². The number of pyridine rings is 2. The van der Waals surface area contributed by atoms with E-state index in [0.717, 1.165) is 5.82 Å². The highest BCUT2D eigenvalue weighted by molar-refractivity contribution is 6.05. The van der Waals surface area contributed by atoms with Gasteiger partial charge in [0, 0.05) is 80.7 Å². The fourth-order valence-electron chi connectivity index (χ4n) is 6.47. The van der Waals surface area contributed by atoms with Crippen LogP contribution in [-0.2, 0) is 11.3 Å². The number of carbonyl (C=O) groups excluding carboxylic acids is 2. The number of hydrogen-bond acceptors (Lipinski definition) is 9. The highest BCUT2D eigenvalue weighted by Gasteiger charge is 2.28. The maximum absolute atomic E-state index is 16.6. The van der Waals surface area contributed by atoms with Crippen molar-refractivity contribution in [3.8, 4) is 22.9 Å². The minimum absolute atomic E-state index is 0.0493. The molecule has 49 heavy (non-hydrogen) atoms. The first kappa shape index (κ1) is 31.8. The average Bonchev–Trinajstić information content (AvgIpc) is 3.85. The third-order valence-corrected chi connectivity index (χ3v) is 9.02. The largest absolute Gasteiger partial charge is 0.481 e. The number of benzene rings is 1. The maximum Gasteiger partial charge on any atom is 0.270 e. The Hall–Kier alpha value is -5.79. The van der Waals surface area contributed by atoms with Crippen molar-refractivity contribution in [2.45, 2.75) is 19.4 Å². The molecule has 0 atom stereocenters. The number of aryl methyl sites for hydroxylation is 1. The number of fused-ring (bicyclic) bond motifs is 1. The van der Waals surface area contributed by atoms with Crippen molar-refractivity contribution in [3.63, 3.8) is 0 Å². The summed E-state index contributed by atoms with van der Waals surface area (Å²) < 4.78 is 29.1. The molecule has 4 aromatic heterocycles. The number of amides is 2. The summed E-state index contributed by atoms with van der Waals surface area (Å²) in [5, 5.41) is 8.26. The van der Waals surface area contributed by atoms with Crippen LogP contribution < -0.4 is 14.4 Å². The molecule has 2 aliphatic heterocycles. The summed E-state index contributed by atoms with van der Waals surface area (Å²) in [5.74, 6) is 0.933. The van der Waals surface area contributed by atoms with Gasteiger partial charge in [-0.05, 0) is 47.9 Å². The number of methoxy groups -OCH3 is 2. The standard InChI is InChI=1S/C35H36FN9O4/c1-48-30-9-3-8-29(40-30)42-16-18-43(19-17-42)35(47)28-21-27-26(24-7-4-11-37-34(24)49-2)20-25(32(36)33(27)39-28)23-6-5-13-44(22-23)31(46)10-14-45-15-12-38-41-45/h3-4,6-9,11-12,15,20-21,39H,5,10,13-14,16-19,22H2,1-2H3. The molecule has 1 N–H and O–H groups in total. The molecular weight excluding hydrogens is 629 g/mol. The van der Waals surface area contributed by atoms with Crippen LogP contribution in [0.25, 0.3) is 27.6 Å². The molecule has 1 saturated heterocycles. The van der Waals surface area contributed by atoms with Gasteiger partial charge < -0.3 is 29.2 Å². The van der Waals surface area contributed by atoms with E-state index in [1.807, 2.05) is 24.3 Å². The van der Waals surface area contributed by atoms with Gasteiger partial charge in [0.15, 0.2) is 5.82 Å². The van der Waals surface area contributed by atoms with Crippen LogP contribution in [-0.4, -0.2) is 105 Å². The van der Waals surface area contributed by atoms with E-state index in [2.05, 4.69) is 30.2 Å². The lowest BCUT2D eigenvalue weighted by Crippen LogP contribution is -2.49. The second-order valence-corrected chi connectivity index (χ2v) is 11.9. The normalized spacial score (nSPS) is 15.0. The smallest absolute Gasteiger partial charge is 0.270 e. The Morgan fingerprint density at radius 2 is 1.80 bits per heavy atom. The van der Waals surface area contributed by atoms with Crippen LogP contribution >= 0.6 is 0 Å². The van der Waals surface area contributed by atoms with Crippen molar-refractivity contribution in [1.29, 1.82) is 0 Å². The van der Waals surface area contributed by atoms with Gasteiger partial charge >= 0.3 is 0 Å². The van der Waals surface area contributed by atoms with Crippen molar-refractivity contribution < 1.29 is 23.5 Å². The van der Waals surface area contributed by atoms with Gasteiger partial charge in [-0.15, -0.1) is 5.10 Å². The van der Waals surface area contributed by atoms with Gasteiger partial charge in [-0.2, -0.15) is 4.98 Å². The first-order chi connectivity index (χ1) is 23.9. The van der Waals surface area contributed by atoms with E-state index in [0.29, 0.717) is 85.1 Å². The Bertz CT molecular complexity index is 2020. The number of carbonyl (C=O) groups is 2. The number of piperazine rings is 1. The van der Waals surface area contributed by atoms with E-state index >= 15 is 4.39 Å². The van der Waals surface area contributed by atoms with E-state index in [1.165, 1.54) is 7.11 Å².